The summed E-state index contributed by atoms with van der Waals surface area (Å²) in [6.07, 6.45) is 6.46. The van der Waals surface area contributed by atoms with E-state index in [1.54, 1.807) is 0 Å². The van der Waals surface area contributed by atoms with E-state index in [-0.39, 0.29) is 11.7 Å². The first kappa shape index (κ1) is 15.2. The van der Waals surface area contributed by atoms with Crippen LogP contribution in [0, 0.1) is 5.92 Å². The maximum Gasteiger partial charge on any atom is 0.166 e. The van der Waals surface area contributed by atoms with Crippen LogP contribution in [-0.2, 0) is 0 Å². The van der Waals surface area contributed by atoms with E-state index in [1.165, 1.54) is 32.1 Å². The fourth-order valence-corrected chi connectivity index (χ4v) is 3.26. The van der Waals surface area contributed by atoms with Crippen LogP contribution in [0.2, 0.25) is 0 Å². The van der Waals surface area contributed by atoms with Crippen LogP contribution in [0.5, 0.6) is 0 Å². The second-order valence-electron chi connectivity index (χ2n) is 6.04. The van der Waals surface area contributed by atoms with E-state index in [1.807, 2.05) is 30.3 Å². The van der Waals surface area contributed by atoms with Gasteiger partial charge in [-0.3, -0.25) is 9.69 Å². The van der Waals surface area contributed by atoms with Crippen LogP contribution in [0.3, 0.4) is 0 Å². The van der Waals surface area contributed by atoms with Crippen LogP contribution in [0.1, 0.15) is 56.3 Å². The Balaban J connectivity index is 1.98. The van der Waals surface area contributed by atoms with Crippen LogP contribution in [-0.4, -0.2) is 29.8 Å². The molecule has 2 nitrogen and oxygen atoms in total. The molecule has 2 heteroatoms. The van der Waals surface area contributed by atoms with E-state index in [0.29, 0.717) is 6.04 Å². The topological polar surface area (TPSA) is 20.3 Å². The lowest BCUT2D eigenvalue weighted by atomic mass is 9.97. The zero-order chi connectivity index (χ0) is 14.4. The van der Waals surface area contributed by atoms with Gasteiger partial charge >= 0.3 is 0 Å². The minimum Gasteiger partial charge on any atom is -0.300 e. The van der Waals surface area contributed by atoms with Gasteiger partial charge in [-0.05, 0) is 25.8 Å². The van der Waals surface area contributed by atoms with E-state index in [0.717, 1.165) is 18.7 Å². The van der Waals surface area contributed by atoms with Crippen LogP contribution in [0.15, 0.2) is 30.3 Å². The van der Waals surface area contributed by atoms with Crippen molar-refractivity contribution < 1.29 is 4.79 Å². The zero-order valence-corrected chi connectivity index (χ0v) is 12.8. The lowest BCUT2D eigenvalue weighted by Gasteiger charge is -2.31. The number of rotatable bonds is 5. The van der Waals surface area contributed by atoms with Crippen molar-refractivity contribution in [2.24, 2.45) is 5.92 Å². The molecule has 2 unspecified atom stereocenters. The average molecular weight is 273 g/mol. The SMILES string of the molecule is CCC1CCCCCN1CC(C)C(=O)c1ccccc1. The molecule has 2 rings (SSSR count). The molecule has 0 spiro atoms. The van der Waals surface area contributed by atoms with Crippen molar-refractivity contribution in [1.82, 2.24) is 4.90 Å². The molecule has 1 aromatic carbocycles. The number of hydrogen-bond acceptors (Lipinski definition) is 2. The normalized spacial score (nSPS) is 22.2. The summed E-state index contributed by atoms with van der Waals surface area (Å²) in [6.45, 7) is 6.41. The van der Waals surface area contributed by atoms with E-state index in [4.69, 9.17) is 0 Å². The highest BCUT2D eigenvalue weighted by Crippen LogP contribution is 2.21. The average Bonchev–Trinajstić information content (AvgIpc) is 2.72. The Labute approximate surface area is 123 Å². The Morgan fingerprint density at radius 3 is 2.70 bits per heavy atom. The number of Topliss-reactive ketones (excluding diaryl/α,β-unsaturated/α-hetero) is 1. The van der Waals surface area contributed by atoms with Gasteiger partial charge in [0.05, 0.1) is 0 Å². The van der Waals surface area contributed by atoms with Crippen molar-refractivity contribution in [1.29, 1.82) is 0 Å². The Bertz CT molecular complexity index is 415. The number of carbonyl (C=O) groups is 1. The van der Waals surface area contributed by atoms with Gasteiger partial charge in [-0.25, -0.2) is 0 Å². The smallest absolute Gasteiger partial charge is 0.166 e. The van der Waals surface area contributed by atoms with Gasteiger partial charge in [0.25, 0.3) is 0 Å². The van der Waals surface area contributed by atoms with E-state index in [2.05, 4.69) is 18.7 Å². The van der Waals surface area contributed by atoms with Gasteiger partial charge < -0.3 is 0 Å². The van der Waals surface area contributed by atoms with Gasteiger partial charge in [0, 0.05) is 24.1 Å². The standard InChI is InChI=1S/C18H27NO/c1-3-17-12-8-5-9-13-19(17)14-15(2)18(20)16-10-6-4-7-11-16/h4,6-7,10-11,15,17H,3,5,8-9,12-14H2,1-2H3. The highest BCUT2D eigenvalue weighted by atomic mass is 16.1. The summed E-state index contributed by atoms with van der Waals surface area (Å²) in [5.74, 6) is 0.370. The first-order valence-corrected chi connectivity index (χ1v) is 8.05. The molecule has 0 radical (unpaired) electrons. The van der Waals surface area contributed by atoms with Crippen LogP contribution >= 0.6 is 0 Å². The van der Waals surface area contributed by atoms with Gasteiger partial charge in [-0.1, -0.05) is 57.0 Å². The number of nitrogens with zero attached hydrogens (tertiary/aromatic N) is 1. The van der Waals surface area contributed by atoms with Crippen molar-refractivity contribution in [3.05, 3.63) is 35.9 Å². The highest BCUT2D eigenvalue weighted by Gasteiger charge is 2.24. The van der Waals surface area contributed by atoms with E-state index < -0.39 is 0 Å². The molecule has 1 heterocycles. The van der Waals surface area contributed by atoms with Crippen LogP contribution in [0.25, 0.3) is 0 Å². The minimum absolute atomic E-state index is 0.0875. The Kier molecular flexibility index (Phi) is 5.78. The zero-order valence-electron chi connectivity index (χ0n) is 12.8. The predicted molar refractivity (Wildman–Crippen MR) is 84.1 cm³/mol. The Morgan fingerprint density at radius 1 is 1.25 bits per heavy atom. The lowest BCUT2D eigenvalue weighted by molar-refractivity contribution is 0.0865. The summed E-state index contributed by atoms with van der Waals surface area (Å²) in [5.41, 5.74) is 0.850. The number of ketones is 1. The summed E-state index contributed by atoms with van der Waals surface area (Å²) in [6, 6.07) is 10.4. The first-order valence-electron chi connectivity index (χ1n) is 8.05. The van der Waals surface area contributed by atoms with E-state index >= 15 is 0 Å². The Morgan fingerprint density at radius 2 is 2.00 bits per heavy atom. The largest absolute Gasteiger partial charge is 0.300 e. The van der Waals surface area contributed by atoms with Crippen LogP contribution in [0.4, 0.5) is 0 Å². The number of hydrogen-bond donors (Lipinski definition) is 0. The summed E-state index contributed by atoms with van der Waals surface area (Å²) < 4.78 is 0. The van der Waals surface area contributed by atoms with Gasteiger partial charge in [0.15, 0.2) is 5.78 Å². The molecule has 1 aromatic rings. The predicted octanol–water partition coefficient (Wildman–Crippen LogP) is 4.16. The van der Waals surface area contributed by atoms with E-state index in [9.17, 15) is 4.79 Å². The monoisotopic (exact) mass is 273 g/mol. The molecular formula is C18H27NO. The first-order chi connectivity index (χ1) is 9.72. The minimum atomic E-state index is 0.0875. The number of carbonyl (C=O) groups excluding carboxylic acids is 1. The van der Waals surface area contributed by atoms with Crippen molar-refractivity contribution in [3.63, 3.8) is 0 Å². The molecule has 110 valence electrons. The number of benzene rings is 1. The molecule has 1 fully saturated rings. The Hall–Kier alpha value is -1.15. The molecule has 1 saturated heterocycles. The molecule has 0 aliphatic carbocycles. The fraction of sp³-hybridized carbons (Fsp3) is 0.611. The van der Waals surface area contributed by atoms with Crippen LogP contribution < -0.4 is 0 Å². The van der Waals surface area contributed by atoms with Crippen molar-refractivity contribution in [3.8, 4) is 0 Å². The fourth-order valence-electron chi connectivity index (χ4n) is 3.26. The molecule has 2 atom stereocenters. The number of likely N-dealkylation sites (tertiary alicyclic amines) is 1. The van der Waals surface area contributed by atoms with Gasteiger partial charge in [-0.2, -0.15) is 0 Å². The summed E-state index contributed by atoms with van der Waals surface area (Å²) in [7, 11) is 0. The quantitative estimate of drug-likeness (QED) is 0.751. The maximum atomic E-state index is 12.5. The second kappa shape index (κ2) is 7.58. The molecule has 20 heavy (non-hydrogen) atoms. The van der Waals surface area contributed by atoms with Crippen molar-refractivity contribution >= 4 is 5.78 Å². The van der Waals surface area contributed by atoms with Crippen molar-refractivity contribution in [2.75, 3.05) is 13.1 Å². The third kappa shape index (κ3) is 3.92. The maximum absolute atomic E-state index is 12.5. The van der Waals surface area contributed by atoms with Gasteiger partial charge in [0.2, 0.25) is 0 Å². The molecule has 0 saturated carbocycles. The highest BCUT2D eigenvalue weighted by molar-refractivity contribution is 5.97. The third-order valence-electron chi connectivity index (χ3n) is 4.48. The summed E-state index contributed by atoms with van der Waals surface area (Å²) in [5, 5.41) is 0. The van der Waals surface area contributed by atoms with Gasteiger partial charge in [0.1, 0.15) is 0 Å². The third-order valence-corrected chi connectivity index (χ3v) is 4.48. The van der Waals surface area contributed by atoms with Gasteiger partial charge in [-0.15, -0.1) is 0 Å². The molecule has 0 aromatic heterocycles. The lowest BCUT2D eigenvalue weighted by Crippen LogP contribution is -2.39. The molecule has 1 aliphatic rings. The summed E-state index contributed by atoms with van der Waals surface area (Å²) >= 11 is 0. The van der Waals surface area contributed by atoms with Crippen molar-refractivity contribution in [2.45, 2.75) is 52.0 Å². The molecule has 0 N–H and O–H groups in total. The molecular weight excluding hydrogens is 246 g/mol. The molecule has 0 amide bonds. The second-order valence-corrected chi connectivity index (χ2v) is 6.04. The summed E-state index contributed by atoms with van der Waals surface area (Å²) in [4.78, 5) is 15.0. The molecule has 0 bridgehead atoms. The molecule has 1 aliphatic heterocycles.